The van der Waals surface area contributed by atoms with Crippen molar-refractivity contribution in [1.82, 2.24) is 19.9 Å². The number of benzene rings is 1. The summed E-state index contributed by atoms with van der Waals surface area (Å²) in [7, 11) is 1.99. The van der Waals surface area contributed by atoms with Crippen LogP contribution in [0.1, 0.15) is 63.4 Å². The van der Waals surface area contributed by atoms with Crippen molar-refractivity contribution >= 4 is 29.4 Å². The number of primary amides is 1. The molecule has 1 unspecified atom stereocenters. The molecule has 1 aliphatic heterocycles. The molecule has 1 saturated heterocycles. The predicted octanol–water partition coefficient (Wildman–Crippen LogP) is 3.79. The van der Waals surface area contributed by atoms with E-state index in [-0.39, 0.29) is 11.5 Å². The minimum Gasteiger partial charge on any atom is -0.366 e. The summed E-state index contributed by atoms with van der Waals surface area (Å²) in [6.07, 6.45) is 2.18. The standard InChI is InChI=1S/C25H40N8O/c1-8-17(3)33-12-11-19(14-33)27-22-29-23(31-24(30-22)32(7)15-25(4,5)6)28-20-13-18(21(26)34)10-9-16(20)2/h9-10,13,17,19H,8,11-12,14-15H2,1-7H3,(H2,26,34)(H2,27,28,29,30,31)/t17?,19-/m0/s1. The fourth-order valence-corrected chi connectivity index (χ4v) is 4.21. The molecule has 1 fully saturated rings. The highest BCUT2D eigenvalue weighted by atomic mass is 16.1. The minimum absolute atomic E-state index is 0.0806. The Morgan fingerprint density at radius 2 is 1.97 bits per heavy atom. The second-order valence-electron chi connectivity index (χ2n) is 10.6. The first kappa shape index (κ1) is 25.7. The zero-order valence-corrected chi connectivity index (χ0v) is 21.6. The second-order valence-corrected chi connectivity index (χ2v) is 10.6. The predicted molar refractivity (Wildman–Crippen MR) is 139 cm³/mol. The van der Waals surface area contributed by atoms with E-state index in [0.717, 1.165) is 43.7 Å². The molecule has 1 aromatic heterocycles. The minimum atomic E-state index is -0.473. The van der Waals surface area contributed by atoms with Gasteiger partial charge in [0.1, 0.15) is 0 Å². The van der Waals surface area contributed by atoms with E-state index in [2.05, 4.69) is 60.1 Å². The van der Waals surface area contributed by atoms with Crippen LogP contribution in [-0.2, 0) is 0 Å². The molecule has 4 N–H and O–H groups in total. The Labute approximate surface area is 203 Å². The van der Waals surface area contributed by atoms with Gasteiger partial charge in [0, 0.05) is 50.0 Å². The van der Waals surface area contributed by atoms with Crippen molar-refractivity contribution in [3.05, 3.63) is 29.3 Å². The molecule has 2 heterocycles. The molecule has 0 spiro atoms. The zero-order chi connectivity index (χ0) is 25.0. The largest absolute Gasteiger partial charge is 0.366 e. The van der Waals surface area contributed by atoms with Crippen LogP contribution < -0.4 is 21.3 Å². The number of aryl methyl sites for hydroxylation is 1. The summed E-state index contributed by atoms with van der Waals surface area (Å²) < 4.78 is 0. The highest BCUT2D eigenvalue weighted by molar-refractivity contribution is 5.94. The van der Waals surface area contributed by atoms with Gasteiger partial charge in [0.05, 0.1) is 0 Å². The number of rotatable bonds is 9. The van der Waals surface area contributed by atoms with Crippen LogP contribution >= 0.6 is 0 Å². The van der Waals surface area contributed by atoms with Gasteiger partial charge in [-0.25, -0.2) is 0 Å². The third-order valence-corrected chi connectivity index (χ3v) is 6.21. The molecule has 3 rings (SSSR count). The molecule has 34 heavy (non-hydrogen) atoms. The van der Waals surface area contributed by atoms with Gasteiger partial charge in [-0.15, -0.1) is 0 Å². The molecule has 0 aliphatic carbocycles. The highest BCUT2D eigenvalue weighted by Crippen LogP contribution is 2.25. The molecular formula is C25H40N8O. The lowest BCUT2D eigenvalue weighted by molar-refractivity contribution is 0.100. The lowest BCUT2D eigenvalue weighted by atomic mass is 9.96. The number of hydrogen-bond donors (Lipinski definition) is 3. The summed E-state index contributed by atoms with van der Waals surface area (Å²) in [6.45, 7) is 15.8. The van der Waals surface area contributed by atoms with Gasteiger partial charge in [-0.1, -0.05) is 33.8 Å². The molecule has 9 nitrogen and oxygen atoms in total. The van der Waals surface area contributed by atoms with Crippen molar-refractivity contribution in [3.63, 3.8) is 0 Å². The van der Waals surface area contributed by atoms with Crippen molar-refractivity contribution in [1.29, 1.82) is 0 Å². The number of nitrogens with zero attached hydrogens (tertiary/aromatic N) is 5. The molecule has 1 amide bonds. The van der Waals surface area contributed by atoms with Gasteiger partial charge >= 0.3 is 0 Å². The number of nitrogens with two attached hydrogens (primary N) is 1. The molecule has 1 aromatic carbocycles. The molecule has 0 radical (unpaired) electrons. The normalized spacial score (nSPS) is 17.4. The number of anilines is 4. The quantitative estimate of drug-likeness (QED) is 0.510. The Kier molecular flexibility index (Phi) is 7.97. The van der Waals surface area contributed by atoms with Crippen molar-refractivity contribution in [2.75, 3.05) is 42.2 Å². The van der Waals surface area contributed by atoms with Crippen LogP contribution in [0.25, 0.3) is 0 Å². The Morgan fingerprint density at radius 3 is 2.62 bits per heavy atom. The fraction of sp³-hybridized carbons (Fsp3) is 0.600. The molecule has 0 saturated carbocycles. The van der Waals surface area contributed by atoms with E-state index in [1.807, 2.05) is 24.9 Å². The van der Waals surface area contributed by atoms with Crippen molar-refractivity contribution < 1.29 is 4.79 Å². The summed E-state index contributed by atoms with van der Waals surface area (Å²) in [4.78, 5) is 30.3. The summed E-state index contributed by atoms with van der Waals surface area (Å²) in [5, 5.41) is 6.81. The van der Waals surface area contributed by atoms with Crippen LogP contribution in [0.3, 0.4) is 0 Å². The molecule has 186 valence electrons. The van der Waals surface area contributed by atoms with Gasteiger partial charge < -0.3 is 21.3 Å². The van der Waals surface area contributed by atoms with E-state index >= 15 is 0 Å². The molecule has 2 aromatic rings. The van der Waals surface area contributed by atoms with Crippen molar-refractivity contribution in [3.8, 4) is 0 Å². The first-order chi connectivity index (χ1) is 15.9. The van der Waals surface area contributed by atoms with Crippen molar-refractivity contribution in [2.45, 2.75) is 66.5 Å². The van der Waals surface area contributed by atoms with Gasteiger partial charge in [0.15, 0.2) is 0 Å². The number of hydrogen-bond acceptors (Lipinski definition) is 8. The van der Waals surface area contributed by atoms with Crippen molar-refractivity contribution in [2.24, 2.45) is 11.1 Å². The van der Waals surface area contributed by atoms with E-state index in [1.165, 1.54) is 0 Å². The Morgan fingerprint density at radius 1 is 1.26 bits per heavy atom. The second kappa shape index (κ2) is 10.5. The molecule has 1 aliphatic rings. The monoisotopic (exact) mass is 468 g/mol. The Hall–Kier alpha value is -2.94. The van der Waals surface area contributed by atoms with Gasteiger partial charge in [-0.05, 0) is 49.8 Å². The zero-order valence-electron chi connectivity index (χ0n) is 21.6. The maximum atomic E-state index is 11.7. The third kappa shape index (κ3) is 6.79. The lowest BCUT2D eigenvalue weighted by Crippen LogP contribution is -2.33. The smallest absolute Gasteiger partial charge is 0.248 e. The number of carbonyl (C=O) groups excluding carboxylic acids is 1. The average Bonchev–Trinajstić information content (AvgIpc) is 3.21. The van der Waals surface area contributed by atoms with Crippen LogP contribution in [-0.4, -0.2) is 64.5 Å². The molecular weight excluding hydrogens is 428 g/mol. The maximum Gasteiger partial charge on any atom is 0.248 e. The number of aromatic nitrogens is 3. The molecule has 2 atom stereocenters. The van der Waals surface area contributed by atoms with E-state index in [4.69, 9.17) is 10.7 Å². The fourth-order valence-electron chi connectivity index (χ4n) is 4.21. The number of nitrogens with one attached hydrogen (secondary N) is 2. The van der Waals surface area contributed by atoms with E-state index in [1.54, 1.807) is 12.1 Å². The third-order valence-electron chi connectivity index (χ3n) is 6.21. The Bertz CT molecular complexity index is 1000. The number of amides is 1. The molecule has 9 heteroatoms. The van der Waals surface area contributed by atoms with Crippen LogP contribution in [0.5, 0.6) is 0 Å². The molecule has 0 bridgehead atoms. The van der Waals surface area contributed by atoms with Crippen LogP contribution in [0.2, 0.25) is 0 Å². The average molecular weight is 469 g/mol. The van der Waals surface area contributed by atoms with Gasteiger partial charge in [-0.2, -0.15) is 15.0 Å². The topological polar surface area (TPSA) is 112 Å². The summed E-state index contributed by atoms with van der Waals surface area (Å²) in [5.74, 6) is 1.09. The van der Waals surface area contributed by atoms with Crippen LogP contribution in [0.15, 0.2) is 18.2 Å². The first-order valence-electron chi connectivity index (χ1n) is 12.1. The summed E-state index contributed by atoms with van der Waals surface area (Å²) >= 11 is 0. The number of likely N-dealkylation sites (tertiary alicyclic amines) is 1. The van der Waals surface area contributed by atoms with E-state index in [9.17, 15) is 4.79 Å². The van der Waals surface area contributed by atoms with Gasteiger partial charge in [-0.3, -0.25) is 9.69 Å². The van der Waals surface area contributed by atoms with E-state index in [0.29, 0.717) is 29.5 Å². The van der Waals surface area contributed by atoms with Crippen LogP contribution in [0.4, 0.5) is 23.5 Å². The van der Waals surface area contributed by atoms with Gasteiger partial charge in [0.2, 0.25) is 23.8 Å². The number of carbonyl (C=O) groups is 1. The first-order valence-corrected chi connectivity index (χ1v) is 12.1. The van der Waals surface area contributed by atoms with E-state index < -0.39 is 5.91 Å². The summed E-state index contributed by atoms with van der Waals surface area (Å²) in [6, 6.07) is 6.15. The van der Waals surface area contributed by atoms with Gasteiger partial charge in [0.25, 0.3) is 0 Å². The highest BCUT2D eigenvalue weighted by Gasteiger charge is 2.26. The summed E-state index contributed by atoms with van der Waals surface area (Å²) in [5.41, 5.74) is 7.69. The SMILES string of the molecule is CCC(C)N1CC[C@H](Nc2nc(Nc3cc(C(N)=O)ccc3C)nc(N(C)CC(C)(C)C)n2)C1. The lowest BCUT2D eigenvalue weighted by Gasteiger charge is -2.27. The Balaban J connectivity index is 1.89. The maximum absolute atomic E-state index is 11.7. The van der Waals surface area contributed by atoms with Crippen LogP contribution in [0, 0.1) is 12.3 Å².